The summed E-state index contributed by atoms with van der Waals surface area (Å²) >= 11 is 1.88. The molecule has 1 aromatic rings. The molecule has 12 heteroatoms. The first-order valence-corrected chi connectivity index (χ1v) is 9.67. The highest BCUT2D eigenvalue weighted by Gasteiger charge is 2.48. The molecule has 1 heterocycles. The predicted molar refractivity (Wildman–Crippen MR) is 91.2 cm³/mol. The van der Waals surface area contributed by atoms with Crippen molar-refractivity contribution in [3.05, 3.63) is 29.8 Å². The standard InChI is InChI=1S/C13H11IN2O8S/c14-6-10(17)15-8-3-1-7(2-4-8)13(20)24-16-11(18)5-9(12(16)19)25(21,22)23/h1-4,9H,5-6H2,(H,15,17)(H,21,22,23)/t9-/m1/s1. The number of amides is 3. The number of imide groups is 1. The van der Waals surface area contributed by atoms with Crippen molar-refractivity contribution in [2.45, 2.75) is 11.7 Å². The molecule has 0 unspecified atom stereocenters. The van der Waals surface area contributed by atoms with Crippen molar-refractivity contribution in [3.63, 3.8) is 0 Å². The van der Waals surface area contributed by atoms with Crippen LogP contribution >= 0.6 is 22.6 Å². The zero-order chi connectivity index (χ0) is 18.8. The molecule has 1 aliphatic heterocycles. The number of hydroxylamine groups is 2. The van der Waals surface area contributed by atoms with Crippen molar-refractivity contribution in [2.24, 2.45) is 0 Å². The van der Waals surface area contributed by atoms with Gasteiger partial charge in [-0.2, -0.15) is 8.42 Å². The molecule has 1 aliphatic rings. The summed E-state index contributed by atoms with van der Waals surface area (Å²) in [6.45, 7) is 0. The Hall–Kier alpha value is -2.06. The van der Waals surface area contributed by atoms with Crippen molar-refractivity contribution in [1.29, 1.82) is 0 Å². The molecule has 1 saturated heterocycles. The van der Waals surface area contributed by atoms with Crippen LogP contribution in [0, 0.1) is 0 Å². The molecule has 1 atom stereocenters. The summed E-state index contributed by atoms with van der Waals surface area (Å²) in [5, 5.41) is 0.589. The average molecular weight is 482 g/mol. The molecule has 0 aliphatic carbocycles. The third kappa shape index (κ3) is 4.52. The van der Waals surface area contributed by atoms with Gasteiger partial charge in [0.1, 0.15) is 0 Å². The van der Waals surface area contributed by atoms with Crippen LogP contribution in [0.1, 0.15) is 16.8 Å². The third-order valence-electron chi connectivity index (χ3n) is 3.12. The van der Waals surface area contributed by atoms with Gasteiger partial charge in [0.05, 0.1) is 16.4 Å². The minimum Gasteiger partial charge on any atom is -0.325 e. The maximum absolute atomic E-state index is 12.0. The van der Waals surface area contributed by atoms with E-state index >= 15 is 0 Å². The maximum atomic E-state index is 12.0. The van der Waals surface area contributed by atoms with Crippen molar-refractivity contribution in [1.82, 2.24) is 5.06 Å². The molecule has 2 N–H and O–H groups in total. The van der Waals surface area contributed by atoms with Gasteiger partial charge in [0.15, 0.2) is 5.25 Å². The summed E-state index contributed by atoms with van der Waals surface area (Å²) in [5.41, 5.74) is 0.390. The van der Waals surface area contributed by atoms with E-state index in [1.54, 1.807) is 0 Å². The van der Waals surface area contributed by atoms with Crippen LogP contribution in [0.15, 0.2) is 24.3 Å². The molecule has 0 aromatic heterocycles. The van der Waals surface area contributed by atoms with Crippen LogP contribution in [0.2, 0.25) is 0 Å². The summed E-state index contributed by atoms with van der Waals surface area (Å²) in [5.74, 6) is -3.72. The molecule has 0 radical (unpaired) electrons. The van der Waals surface area contributed by atoms with Gasteiger partial charge in [-0.1, -0.05) is 22.6 Å². The number of carbonyl (C=O) groups excluding carboxylic acids is 4. The first-order valence-electron chi connectivity index (χ1n) is 6.64. The Morgan fingerprint density at radius 2 is 1.88 bits per heavy atom. The minimum absolute atomic E-state index is 0.0204. The number of alkyl halides is 1. The molecule has 134 valence electrons. The fourth-order valence-corrected chi connectivity index (χ4v) is 2.83. The summed E-state index contributed by atoms with van der Waals surface area (Å²) < 4.78 is 31.2. The SMILES string of the molecule is O=C(CI)Nc1ccc(C(=O)ON2C(=O)C[C@@H](S(=O)(=O)O)C2=O)cc1. The summed E-state index contributed by atoms with van der Waals surface area (Å²) in [7, 11) is -4.78. The van der Waals surface area contributed by atoms with Crippen LogP contribution < -0.4 is 5.32 Å². The highest BCUT2D eigenvalue weighted by atomic mass is 127. The number of halogens is 1. The summed E-state index contributed by atoms with van der Waals surface area (Å²) in [6, 6.07) is 5.40. The number of carbonyl (C=O) groups is 4. The Labute approximate surface area is 155 Å². The normalized spacial score (nSPS) is 17.5. The van der Waals surface area contributed by atoms with Gasteiger partial charge in [0, 0.05) is 5.69 Å². The lowest BCUT2D eigenvalue weighted by molar-refractivity contribution is -0.172. The van der Waals surface area contributed by atoms with E-state index in [0.29, 0.717) is 5.69 Å². The second kappa shape index (κ2) is 7.45. The molecule has 2 rings (SSSR count). The number of anilines is 1. The topological polar surface area (TPSA) is 147 Å². The largest absolute Gasteiger partial charge is 0.363 e. The maximum Gasteiger partial charge on any atom is 0.363 e. The minimum atomic E-state index is -4.78. The van der Waals surface area contributed by atoms with Crippen LogP contribution in [-0.4, -0.2) is 51.4 Å². The number of nitrogens with zero attached hydrogens (tertiary/aromatic N) is 1. The highest BCUT2D eigenvalue weighted by molar-refractivity contribution is 14.1. The van der Waals surface area contributed by atoms with Crippen LogP contribution in [0.4, 0.5) is 5.69 Å². The van der Waals surface area contributed by atoms with Gasteiger partial charge in [-0.25, -0.2) is 4.79 Å². The molecule has 0 bridgehead atoms. The zero-order valence-electron chi connectivity index (χ0n) is 12.3. The Bertz CT molecular complexity index is 836. The van der Waals surface area contributed by atoms with Gasteiger partial charge in [-0.3, -0.25) is 18.9 Å². The number of hydrogen-bond acceptors (Lipinski definition) is 7. The van der Waals surface area contributed by atoms with Crippen molar-refractivity contribution in [2.75, 3.05) is 9.74 Å². The molecule has 1 aromatic carbocycles. The Morgan fingerprint density at radius 1 is 1.28 bits per heavy atom. The highest BCUT2D eigenvalue weighted by Crippen LogP contribution is 2.21. The van der Waals surface area contributed by atoms with Gasteiger partial charge < -0.3 is 10.2 Å². The zero-order valence-corrected chi connectivity index (χ0v) is 15.3. The Morgan fingerprint density at radius 3 is 2.36 bits per heavy atom. The fraction of sp³-hybridized carbons (Fsp3) is 0.231. The molecular weight excluding hydrogens is 471 g/mol. The van der Waals surface area contributed by atoms with Crippen molar-refractivity contribution < 1.29 is 37.0 Å². The first-order chi connectivity index (χ1) is 11.6. The van der Waals surface area contributed by atoms with E-state index in [4.69, 9.17) is 4.55 Å². The number of nitrogens with one attached hydrogen (secondary N) is 1. The van der Waals surface area contributed by atoms with E-state index in [1.165, 1.54) is 24.3 Å². The smallest absolute Gasteiger partial charge is 0.325 e. The monoisotopic (exact) mass is 482 g/mol. The molecular formula is C13H11IN2O8S. The summed E-state index contributed by atoms with van der Waals surface area (Å²) in [4.78, 5) is 51.2. The predicted octanol–water partition coefficient (Wildman–Crippen LogP) is 0.147. The molecule has 0 saturated carbocycles. The lowest BCUT2D eigenvalue weighted by atomic mass is 10.2. The van der Waals surface area contributed by atoms with E-state index < -0.39 is 39.6 Å². The van der Waals surface area contributed by atoms with Crippen LogP contribution in [0.5, 0.6) is 0 Å². The molecule has 3 amide bonds. The third-order valence-corrected chi connectivity index (χ3v) is 4.90. The Balaban J connectivity index is 2.08. The lowest BCUT2D eigenvalue weighted by Gasteiger charge is -2.13. The van der Waals surface area contributed by atoms with Gasteiger partial charge in [-0.15, -0.1) is 5.06 Å². The Kier molecular flexibility index (Phi) is 5.74. The molecule has 25 heavy (non-hydrogen) atoms. The number of hydrogen-bond donors (Lipinski definition) is 2. The van der Waals surface area contributed by atoms with Crippen molar-refractivity contribution in [3.8, 4) is 0 Å². The van der Waals surface area contributed by atoms with Gasteiger partial charge in [-0.05, 0) is 24.3 Å². The van der Waals surface area contributed by atoms with E-state index in [-0.39, 0.29) is 21.0 Å². The quantitative estimate of drug-likeness (QED) is 0.261. The molecule has 1 fully saturated rings. The van der Waals surface area contributed by atoms with Crippen LogP contribution in [-0.2, 0) is 29.3 Å². The molecule has 0 spiro atoms. The van der Waals surface area contributed by atoms with E-state index in [0.717, 1.165) is 0 Å². The van der Waals surface area contributed by atoms with Gasteiger partial charge >= 0.3 is 5.97 Å². The molecule has 10 nitrogen and oxygen atoms in total. The van der Waals surface area contributed by atoms with E-state index in [1.807, 2.05) is 22.6 Å². The first kappa shape index (κ1) is 19.3. The number of rotatable bonds is 5. The lowest BCUT2D eigenvalue weighted by Crippen LogP contribution is -2.36. The second-order valence-corrected chi connectivity index (χ2v) is 7.23. The van der Waals surface area contributed by atoms with Crippen LogP contribution in [0.25, 0.3) is 0 Å². The fourth-order valence-electron chi connectivity index (χ4n) is 1.93. The van der Waals surface area contributed by atoms with Crippen molar-refractivity contribution >= 4 is 62.1 Å². The second-order valence-electron chi connectivity index (χ2n) is 4.87. The van der Waals surface area contributed by atoms with Gasteiger partial charge in [0.2, 0.25) is 5.91 Å². The van der Waals surface area contributed by atoms with E-state index in [9.17, 15) is 27.6 Å². The average Bonchev–Trinajstić information content (AvgIpc) is 2.83. The van der Waals surface area contributed by atoms with Crippen LogP contribution in [0.3, 0.4) is 0 Å². The number of benzene rings is 1. The van der Waals surface area contributed by atoms with Gasteiger partial charge in [0.25, 0.3) is 21.9 Å². The van der Waals surface area contributed by atoms with E-state index in [2.05, 4.69) is 10.2 Å². The summed E-state index contributed by atoms with van der Waals surface area (Å²) in [6.07, 6.45) is -0.813.